The van der Waals surface area contributed by atoms with E-state index >= 15 is 0 Å². The number of carbonyl (C=O) groups excluding carboxylic acids is 1. The molecule has 0 atom stereocenters. The van der Waals surface area contributed by atoms with E-state index in [1.165, 1.54) is 0 Å². The van der Waals surface area contributed by atoms with Crippen molar-refractivity contribution in [3.8, 4) is 11.5 Å². The van der Waals surface area contributed by atoms with Gasteiger partial charge in [0.15, 0.2) is 11.5 Å². The van der Waals surface area contributed by atoms with Gasteiger partial charge < -0.3 is 20.1 Å². The Hall–Kier alpha value is -1.75. The van der Waals surface area contributed by atoms with E-state index < -0.39 is 0 Å². The Morgan fingerprint density at radius 1 is 1.33 bits per heavy atom. The Kier molecular flexibility index (Phi) is 5.87. The molecule has 0 radical (unpaired) electrons. The van der Waals surface area contributed by atoms with Gasteiger partial charge in [0, 0.05) is 12.6 Å². The van der Waals surface area contributed by atoms with Gasteiger partial charge in [-0.05, 0) is 37.1 Å². The maximum Gasteiger partial charge on any atom is 0.223 e. The molecule has 2 rings (SSSR count). The normalized spacial score (nSPS) is 13.8. The summed E-state index contributed by atoms with van der Waals surface area (Å²) in [4.78, 5) is 11.6. The highest BCUT2D eigenvalue weighted by molar-refractivity contribution is 5.76. The number of amides is 1. The van der Waals surface area contributed by atoms with Crippen LogP contribution in [0.4, 0.5) is 0 Å². The van der Waals surface area contributed by atoms with Crippen LogP contribution < -0.4 is 20.1 Å². The summed E-state index contributed by atoms with van der Waals surface area (Å²) in [5, 5.41) is 6.21. The van der Waals surface area contributed by atoms with Crippen LogP contribution in [0.15, 0.2) is 18.2 Å². The molecule has 0 unspecified atom stereocenters. The zero-order valence-corrected chi connectivity index (χ0v) is 12.8. The van der Waals surface area contributed by atoms with Gasteiger partial charge in [-0.1, -0.05) is 13.0 Å². The first kappa shape index (κ1) is 15.6. The maximum absolute atomic E-state index is 11.6. The van der Waals surface area contributed by atoms with Gasteiger partial charge in [0.1, 0.15) is 0 Å². The first-order valence-electron chi connectivity index (χ1n) is 7.52. The molecule has 116 valence electrons. The maximum atomic E-state index is 11.6. The van der Waals surface area contributed by atoms with Crippen LogP contribution in [0.2, 0.25) is 0 Å². The first-order valence-corrected chi connectivity index (χ1v) is 7.52. The molecule has 1 fully saturated rings. The van der Waals surface area contributed by atoms with Crippen molar-refractivity contribution in [2.24, 2.45) is 0 Å². The Labute approximate surface area is 126 Å². The van der Waals surface area contributed by atoms with E-state index in [4.69, 9.17) is 9.47 Å². The molecular formula is C16H24N2O3. The van der Waals surface area contributed by atoms with E-state index in [-0.39, 0.29) is 5.91 Å². The number of hydrogen-bond donors (Lipinski definition) is 2. The predicted octanol–water partition coefficient (Wildman–Crippen LogP) is 1.85. The van der Waals surface area contributed by atoms with E-state index in [1.807, 2.05) is 18.2 Å². The number of benzene rings is 1. The number of carbonyl (C=O) groups is 1. The lowest BCUT2D eigenvalue weighted by molar-refractivity contribution is -0.121. The highest BCUT2D eigenvalue weighted by atomic mass is 16.5. The fourth-order valence-electron chi connectivity index (χ4n) is 1.99. The van der Waals surface area contributed by atoms with E-state index in [0.29, 0.717) is 30.6 Å². The summed E-state index contributed by atoms with van der Waals surface area (Å²) in [6.45, 7) is 4.16. The van der Waals surface area contributed by atoms with Crippen molar-refractivity contribution in [3.05, 3.63) is 23.8 Å². The van der Waals surface area contributed by atoms with E-state index in [2.05, 4.69) is 17.6 Å². The Bertz CT molecular complexity index is 473. The largest absolute Gasteiger partial charge is 0.493 e. The van der Waals surface area contributed by atoms with E-state index in [9.17, 15) is 4.79 Å². The minimum atomic E-state index is 0.0558. The van der Waals surface area contributed by atoms with Gasteiger partial charge >= 0.3 is 0 Å². The average Bonchev–Trinajstić information content (AvgIpc) is 3.29. The van der Waals surface area contributed by atoms with Crippen molar-refractivity contribution < 1.29 is 14.3 Å². The second-order valence-corrected chi connectivity index (χ2v) is 5.21. The summed E-state index contributed by atoms with van der Waals surface area (Å²) in [6, 6.07) is 6.26. The van der Waals surface area contributed by atoms with E-state index in [0.717, 1.165) is 31.5 Å². The number of methoxy groups -OCH3 is 1. The number of hydrogen-bond acceptors (Lipinski definition) is 4. The summed E-state index contributed by atoms with van der Waals surface area (Å²) in [5.74, 6) is 1.44. The number of nitrogens with one attached hydrogen (secondary N) is 2. The smallest absolute Gasteiger partial charge is 0.223 e. The van der Waals surface area contributed by atoms with Crippen molar-refractivity contribution in [1.82, 2.24) is 10.6 Å². The van der Waals surface area contributed by atoms with Crippen LogP contribution in [-0.4, -0.2) is 32.2 Å². The van der Waals surface area contributed by atoms with E-state index in [1.54, 1.807) is 7.11 Å². The van der Waals surface area contributed by atoms with Crippen LogP contribution in [0.5, 0.6) is 11.5 Å². The summed E-state index contributed by atoms with van der Waals surface area (Å²) in [6.07, 6.45) is 2.58. The van der Waals surface area contributed by atoms with Gasteiger partial charge in [0.25, 0.3) is 0 Å². The van der Waals surface area contributed by atoms with Crippen molar-refractivity contribution in [3.63, 3.8) is 0 Å². The highest BCUT2D eigenvalue weighted by Gasteiger charge is 2.22. The van der Waals surface area contributed by atoms with Crippen molar-refractivity contribution in [1.29, 1.82) is 0 Å². The lowest BCUT2D eigenvalue weighted by Crippen LogP contribution is -2.26. The zero-order chi connectivity index (χ0) is 15.1. The summed E-state index contributed by atoms with van der Waals surface area (Å²) < 4.78 is 11.0. The minimum Gasteiger partial charge on any atom is -0.493 e. The molecule has 1 aliphatic rings. The standard InChI is InChI=1S/C16H24N2O3/c1-3-17-11-12-4-7-14(15(10-12)20-2)21-9-8-16(19)18-13-5-6-13/h4,7,10,13,17H,3,5-6,8-9,11H2,1-2H3,(H,18,19). The third-order valence-electron chi connectivity index (χ3n) is 3.34. The lowest BCUT2D eigenvalue weighted by Gasteiger charge is -2.12. The molecule has 0 heterocycles. The highest BCUT2D eigenvalue weighted by Crippen LogP contribution is 2.28. The Morgan fingerprint density at radius 3 is 2.81 bits per heavy atom. The summed E-state index contributed by atoms with van der Waals surface area (Å²) >= 11 is 0. The van der Waals surface area contributed by atoms with Crippen molar-refractivity contribution >= 4 is 5.91 Å². The molecule has 2 N–H and O–H groups in total. The Morgan fingerprint density at radius 2 is 2.14 bits per heavy atom. The fourth-order valence-corrected chi connectivity index (χ4v) is 1.99. The number of rotatable bonds is 9. The van der Waals surface area contributed by atoms with Crippen LogP contribution in [0.1, 0.15) is 31.7 Å². The lowest BCUT2D eigenvalue weighted by atomic mass is 10.2. The average molecular weight is 292 g/mol. The molecule has 0 bridgehead atoms. The third-order valence-corrected chi connectivity index (χ3v) is 3.34. The van der Waals surface area contributed by atoms with Gasteiger partial charge in [0.05, 0.1) is 20.1 Å². The first-order chi connectivity index (χ1) is 10.2. The quantitative estimate of drug-likeness (QED) is 0.729. The molecule has 1 aliphatic carbocycles. The van der Waals surface area contributed by atoms with Crippen LogP contribution in [-0.2, 0) is 11.3 Å². The van der Waals surface area contributed by atoms with Crippen LogP contribution in [0.25, 0.3) is 0 Å². The third kappa shape index (κ3) is 5.27. The molecule has 1 amide bonds. The monoisotopic (exact) mass is 292 g/mol. The van der Waals surface area contributed by atoms with Gasteiger partial charge in [0.2, 0.25) is 5.91 Å². The van der Waals surface area contributed by atoms with Crippen molar-refractivity contribution in [2.45, 2.75) is 38.8 Å². The van der Waals surface area contributed by atoms with Crippen LogP contribution in [0.3, 0.4) is 0 Å². The molecule has 21 heavy (non-hydrogen) atoms. The van der Waals surface area contributed by atoms with Crippen LogP contribution in [0, 0.1) is 0 Å². The topological polar surface area (TPSA) is 59.6 Å². The molecule has 0 spiro atoms. The zero-order valence-electron chi connectivity index (χ0n) is 12.8. The SMILES string of the molecule is CCNCc1ccc(OCCC(=O)NC2CC2)c(OC)c1. The van der Waals surface area contributed by atoms with Gasteiger partial charge in [-0.15, -0.1) is 0 Å². The molecule has 1 saturated carbocycles. The predicted molar refractivity (Wildman–Crippen MR) is 81.7 cm³/mol. The molecule has 0 aliphatic heterocycles. The molecular weight excluding hydrogens is 268 g/mol. The minimum absolute atomic E-state index is 0.0558. The molecule has 0 saturated heterocycles. The molecule has 0 aromatic heterocycles. The molecule has 5 nitrogen and oxygen atoms in total. The van der Waals surface area contributed by atoms with Crippen LogP contribution >= 0.6 is 0 Å². The number of ether oxygens (including phenoxy) is 2. The second kappa shape index (κ2) is 7.88. The van der Waals surface area contributed by atoms with Gasteiger partial charge in [-0.2, -0.15) is 0 Å². The van der Waals surface area contributed by atoms with Gasteiger partial charge in [-0.25, -0.2) is 0 Å². The van der Waals surface area contributed by atoms with Gasteiger partial charge in [-0.3, -0.25) is 4.79 Å². The molecule has 5 heteroatoms. The fraction of sp³-hybridized carbons (Fsp3) is 0.562. The Balaban J connectivity index is 1.82. The van der Waals surface area contributed by atoms with Crippen molar-refractivity contribution in [2.75, 3.05) is 20.3 Å². The summed E-state index contributed by atoms with van der Waals surface area (Å²) in [5.41, 5.74) is 1.15. The summed E-state index contributed by atoms with van der Waals surface area (Å²) in [7, 11) is 1.62. The molecule has 1 aromatic carbocycles. The second-order valence-electron chi connectivity index (χ2n) is 5.21. The molecule has 1 aromatic rings.